The molecule has 0 saturated heterocycles. The van der Waals surface area contributed by atoms with Crippen LogP contribution in [0.1, 0.15) is 90.9 Å². The molecule has 4 nitrogen and oxygen atoms in total. The second-order valence-corrected chi connectivity index (χ2v) is 7.05. The predicted octanol–water partition coefficient (Wildman–Crippen LogP) is 4.76. The Kier molecular flexibility index (Phi) is 18.8. The number of aliphatic hydroxyl groups excluding tert-OH is 1. The van der Waals surface area contributed by atoms with Gasteiger partial charge in [-0.2, -0.15) is 0 Å². The summed E-state index contributed by atoms with van der Waals surface area (Å²) in [6.45, 7) is 6.74. The highest BCUT2D eigenvalue weighted by Crippen LogP contribution is 2.09. The normalized spacial score (nSPS) is 10.7. The smallest absolute Gasteiger partial charge is 0.305 e. The summed E-state index contributed by atoms with van der Waals surface area (Å²) in [5, 5.41) is 11.8. The molecule has 0 fully saturated rings. The maximum atomic E-state index is 11.6. The summed E-state index contributed by atoms with van der Waals surface area (Å²) in [7, 11) is 0. The summed E-state index contributed by atoms with van der Waals surface area (Å²) >= 11 is 0. The Morgan fingerprint density at radius 3 is 2.24 bits per heavy atom. The van der Waals surface area contributed by atoms with Crippen LogP contribution in [0.2, 0.25) is 0 Å². The molecule has 0 spiro atoms. The summed E-state index contributed by atoms with van der Waals surface area (Å²) < 4.78 is 5.29. The van der Waals surface area contributed by atoms with Crippen molar-refractivity contribution in [2.45, 2.75) is 90.9 Å². The van der Waals surface area contributed by atoms with Crippen LogP contribution in [0.5, 0.6) is 0 Å². The summed E-state index contributed by atoms with van der Waals surface area (Å²) in [5.74, 6) is -0.0341. The number of nitrogens with one attached hydrogen (secondary N) is 1. The fourth-order valence-electron chi connectivity index (χ4n) is 2.68. The van der Waals surface area contributed by atoms with E-state index in [1.807, 2.05) is 0 Å². The summed E-state index contributed by atoms with van der Waals surface area (Å²) in [6.07, 6.45) is 15.5. The number of ether oxygens (including phenoxy) is 1. The third-order valence-corrected chi connectivity index (χ3v) is 4.19. The van der Waals surface area contributed by atoms with Crippen molar-refractivity contribution >= 4 is 5.97 Å². The van der Waals surface area contributed by atoms with Crippen molar-refractivity contribution < 1.29 is 14.6 Å². The lowest BCUT2D eigenvalue weighted by Gasteiger charge is -2.05. The lowest BCUT2D eigenvalue weighted by molar-refractivity contribution is -0.143. The van der Waals surface area contributed by atoms with Crippen molar-refractivity contribution in [3.63, 3.8) is 0 Å². The Morgan fingerprint density at radius 2 is 1.52 bits per heavy atom. The van der Waals surface area contributed by atoms with Crippen LogP contribution in [-0.2, 0) is 9.53 Å². The summed E-state index contributed by atoms with van der Waals surface area (Å²) in [4.78, 5) is 11.6. The molecule has 4 heteroatoms. The second kappa shape index (κ2) is 19.5. The van der Waals surface area contributed by atoms with Gasteiger partial charge in [-0.1, -0.05) is 50.2 Å². The van der Waals surface area contributed by atoms with E-state index in [9.17, 15) is 4.79 Å². The van der Waals surface area contributed by atoms with Gasteiger partial charge in [0.1, 0.15) is 0 Å². The van der Waals surface area contributed by atoms with Crippen LogP contribution in [0, 0.1) is 0 Å². The van der Waals surface area contributed by atoms with E-state index >= 15 is 0 Å². The zero-order chi connectivity index (χ0) is 18.6. The third kappa shape index (κ3) is 21.1. The Morgan fingerprint density at radius 1 is 0.880 bits per heavy atom. The highest BCUT2D eigenvalue weighted by Gasteiger charge is 2.02. The number of esters is 1. The van der Waals surface area contributed by atoms with Gasteiger partial charge in [-0.15, -0.1) is 0 Å². The molecular weight excluding hydrogens is 314 g/mol. The van der Waals surface area contributed by atoms with E-state index in [0.717, 1.165) is 38.6 Å². The highest BCUT2D eigenvalue weighted by molar-refractivity contribution is 5.69. The fourth-order valence-corrected chi connectivity index (χ4v) is 2.68. The lowest BCUT2D eigenvalue weighted by atomic mass is 10.1. The van der Waals surface area contributed by atoms with Gasteiger partial charge in [-0.25, -0.2) is 0 Å². The molecule has 0 aromatic rings. The van der Waals surface area contributed by atoms with Gasteiger partial charge in [0.25, 0.3) is 0 Å². The summed E-state index contributed by atoms with van der Waals surface area (Å²) in [5.41, 5.74) is 1.40. The van der Waals surface area contributed by atoms with Gasteiger partial charge < -0.3 is 15.2 Å². The van der Waals surface area contributed by atoms with Gasteiger partial charge in [-0.05, 0) is 52.5 Å². The van der Waals surface area contributed by atoms with E-state index in [1.54, 1.807) is 0 Å². The first kappa shape index (κ1) is 24.1. The molecule has 0 aliphatic rings. The van der Waals surface area contributed by atoms with Crippen molar-refractivity contribution in [3.8, 4) is 0 Å². The molecule has 0 unspecified atom stereocenters. The fraction of sp³-hybridized carbons (Fsp3) is 0.857. The highest BCUT2D eigenvalue weighted by atomic mass is 16.5. The minimum absolute atomic E-state index is 0.0341. The van der Waals surface area contributed by atoms with E-state index < -0.39 is 0 Å². The van der Waals surface area contributed by atoms with Crippen LogP contribution in [-0.4, -0.2) is 37.4 Å². The standard InChI is InChI=1S/C21H41NO3/c1-20(2)14-10-6-3-4-9-13-19-25-21(24)15-11-7-5-8-12-16-22-17-18-23/h14,22-23H,3-13,15-19H2,1-2H3. The Labute approximate surface area is 155 Å². The molecule has 0 aliphatic carbocycles. The third-order valence-electron chi connectivity index (χ3n) is 4.19. The molecule has 0 radical (unpaired) electrons. The van der Waals surface area contributed by atoms with Crippen molar-refractivity contribution in [2.75, 3.05) is 26.3 Å². The van der Waals surface area contributed by atoms with Crippen molar-refractivity contribution in [1.82, 2.24) is 5.32 Å². The van der Waals surface area contributed by atoms with Gasteiger partial charge in [0.2, 0.25) is 0 Å². The molecule has 0 heterocycles. The average Bonchev–Trinajstić information content (AvgIpc) is 2.58. The molecule has 0 aromatic heterocycles. The predicted molar refractivity (Wildman–Crippen MR) is 106 cm³/mol. The van der Waals surface area contributed by atoms with Gasteiger partial charge in [0.15, 0.2) is 0 Å². The quantitative estimate of drug-likeness (QED) is 0.211. The molecule has 0 aliphatic heterocycles. The minimum Gasteiger partial charge on any atom is -0.466 e. The molecule has 0 amide bonds. The van der Waals surface area contributed by atoms with Crippen LogP contribution in [0.4, 0.5) is 0 Å². The number of aliphatic hydroxyl groups is 1. The maximum Gasteiger partial charge on any atom is 0.305 e. The number of rotatable bonds is 18. The number of hydrogen-bond acceptors (Lipinski definition) is 4. The minimum atomic E-state index is -0.0341. The molecule has 25 heavy (non-hydrogen) atoms. The Balaban J connectivity index is 3.19. The maximum absolute atomic E-state index is 11.6. The average molecular weight is 356 g/mol. The number of unbranched alkanes of at least 4 members (excludes halogenated alkanes) is 9. The van der Waals surface area contributed by atoms with Gasteiger partial charge >= 0.3 is 5.97 Å². The molecule has 0 atom stereocenters. The Bertz CT molecular complexity index is 325. The first-order valence-electron chi connectivity index (χ1n) is 10.3. The monoisotopic (exact) mass is 355 g/mol. The van der Waals surface area contributed by atoms with Gasteiger partial charge in [0, 0.05) is 13.0 Å². The van der Waals surface area contributed by atoms with Crippen molar-refractivity contribution in [2.24, 2.45) is 0 Å². The molecule has 148 valence electrons. The lowest BCUT2D eigenvalue weighted by Crippen LogP contribution is -2.19. The van der Waals surface area contributed by atoms with Crippen LogP contribution in [0.3, 0.4) is 0 Å². The molecule has 2 N–H and O–H groups in total. The van der Waals surface area contributed by atoms with Crippen LogP contribution >= 0.6 is 0 Å². The van der Waals surface area contributed by atoms with Crippen LogP contribution in [0.25, 0.3) is 0 Å². The largest absolute Gasteiger partial charge is 0.466 e. The number of hydrogen-bond donors (Lipinski definition) is 2. The number of carbonyl (C=O) groups is 1. The molecule has 0 saturated carbocycles. The first-order valence-corrected chi connectivity index (χ1v) is 10.3. The van der Waals surface area contributed by atoms with E-state index in [1.165, 1.54) is 44.1 Å². The number of allylic oxidation sites excluding steroid dienone is 2. The zero-order valence-electron chi connectivity index (χ0n) is 16.7. The zero-order valence-corrected chi connectivity index (χ0v) is 16.7. The second-order valence-electron chi connectivity index (χ2n) is 7.05. The summed E-state index contributed by atoms with van der Waals surface area (Å²) in [6, 6.07) is 0. The SMILES string of the molecule is CC(C)=CCCCCCCCOC(=O)CCCCCCCNCCO. The Hall–Kier alpha value is -0.870. The topological polar surface area (TPSA) is 58.6 Å². The number of carbonyl (C=O) groups excluding carboxylic acids is 1. The van der Waals surface area contributed by atoms with E-state index in [4.69, 9.17) is 9.84 Å². The van der Waals surface area contributed by atoms with E-state index in [2.05, 4.69) is 25.2 Å². The van der Waals surface area contributed by atoms with Gasteiger partial charge in [-0.3, -0.25) is 4.79 Å². The molecule has 0 rings (SSSR count). The van der Waals surface area contributed by atoms with Crippen LogP contribution < -0.4 is 5.32 Å². The van der Waals surface area contributed by atoms with Crippen molar-refractivity contribution in [3.05, 3.63) is 11.6 Å². The molecular formula is C21H41NO3. The molecule has 0 bridgehead atoms. The van der Waals surface area contributed by atoms with E-state index in [-0.39, 0.29) is 12.6 Å². The van der Waals surface area contributed by atoms with Gasteiger partial charge in [0.05, 0.1) is 13.2 Å². The first-order chi connectivity index (χ1) is 12.2. The van der Waals surface area contributed by atoms with E-state index in [0.29, 0.717) is 19.6 Å². The van der Waals surface area contributed by atoms with Crippen molar-refractivity contribution in [1.29, 1.82) is 0 Å². The molecule has 0 aromatic carbocycles. The van der Waals surface area contributed by atoms with Crippen LogP contribution in [0.15, 0.2) is 11.6 Å².